The lowest BCUT2D eigenvalue weighted by Crippen LogP contribution is -2.42. The van der Waals surface area contributed by atoms with Gasteiger partial charge in [-0.25, -0.2) is 4.90 Å². The molecule has 2 aliphatic heterocycles. The summed E-state index contributed by atoms with van der Waals surface area (Å²) in [6.45, 7) is 0. The molecular weight excluding hydrogens is 545 g/mol. The zero-order valence-electron chi connectivity index (χ0n) is 18.9. The van der Waals surface area contributed by atoms with E-state index in [0.717, 1.165) is 37.8 Å². The summed E-state index contributed by atoms with van der Waals surface area (Å²) in [6.07, 6.45) is -4.04. The van der Waals surface area contributed by atoms with E-state index in [1.54, 1.807) is 12.1 Å². The maximum absolute atomic E-state index is 13.8. The second kappa shape index (κ2) is 7.97. The van der Waals surface area contributed by atoms with Gasteiger partial charge in [-0.3, -0.25) is 14.4 Å². The average molecular weight is 563 g/mol. The van der Waals surface area contributed by atoms with E-state index < -0.39 is 41.1 Å². The van der Waals surface area contributed by atoms with Gasteiger partial charge in [0.15, 0.2) is 0 Å². The van der Waals surface area contributed by atoms with Crippen molar-refractivity contribution >= 4 is 52.2 Å². The van der Waals surface area contributed by atoms with Gasteiger partial charge in [-0.2, -0.15) is 13.2 Å². The highest BCUT2D eigenvalue weighted by Crippen LogP contribution is 2.68. The number of alkyl halides is 3. The predicted molar refractivity (Wildman–Crippen MR) is 134 cm³/mol. The van der Waals surface area contributed by atoms with Gasteiger partial charge in [-0.15, -0.1) is 11.8 Å². The van der Waals surface area contributed by atoms with E-state index >= 15 is 0 Å². The highest BCUT2D eigenvalue weighted by Gasteiger charge is 2.70. The summed E-state index contributed by atoms with van der Waals surface area (Å²) in [6, 6.07) is 12.2. The Morgan fingerprint density at radius 3 is 2.32 bits per heavy atom. The van der Waals surface area contributed by atoms with Crippen LogP contribution in [0.25, 0.3) is 0 Å². The van der Waals surface area contributed by atoms with Gasteiger partial charge in [0, 0.05) is 21.1 Å². The molecule has 1 aromatic heterocycles. The molecule has 37 heavy (non-hydrogen) atoms. The molecule has 3 heterocycles. The Labute approximate surface area is 222 Å². The molecule has 190 valence electrons. The zero-order chi connectivity index (χ0) is 25.8. The molecule has 7 rings (SSSR count). The van der Waals surface area contributed by atoms with Crippen LogP contribution in [0.5, 0.6) is 0 Å². The number of halogens is 4. The lowest BCUT2D eigenvalue weighted by Gasteiger charge is -2.43. The fourth-order valence-corrected chi connectivity index (χ4v) is 10.2. The number of fused-ring (bicyclic) bond motifs is 9. The van der Waals surface area contributed by atoms with Crippen molar-refractivity contribution in [3.05, 3.63) is 79.2 Å². The van der Waals surface area contributed by atoms with Crippen LogP contribution in [-0.2, 0) is 15.8 Å². The highest BCUT2D eigenvalue weighted by molar-refractivity contribution is 8.00. The van der Waals surface area contributed by atoms with Gasteiger partial charge < -0.3 is 4.98 Å². The van der Waals surface area contributed by atoms with Crippen molar-refractivity contribution in [1.29, 1.82) is 0 Å². The standard InChI is InChI=1S/C26H18ClF3N2O3S2/c27-11-7-5-10(6-8-11)16-17-12-9-13(20(17)36-22-21(16)37-25(35)31-22)19-18(12)23(33)32(24(19)34)15-4-2-1-3-14(15)26(28,29)30/h1-8,12-13,16-20H,9H2,(H,31,35)/t12-,13-,16?,17?,18?,19?,20?/m1/s1. The van der Waals surface area contributed by atoms with E-state index in [1.165, 1.54) is 30.0 Å². The van der Waals surface area contributed by atoms with Crippen LogP contribution < -0.4 is 9.77 Å². The van der Waals surface area contributed by atoms with E-state index in [1.807, 2.05) is 12.1 Å². The van der Waals surface area contributed by atoms with Gasteiger partial charge in [-0.1, -0.05) is 47.2 Å². The Morgan fingerprint density at radius 2 is 1.62 bits per heavy atom. The van der Waals surface area contributed by atoms with Crippen molar-refractivity contribution in [3.63, 3.8) is 0 Å². The quantitative estimate of drug-likeness (QED) is 0.402. The molecule has 2 amide bonds. The molecule has 2 aromatic carbocycles. The SMILES string of the molecule is O=C1C2C(C(=O)N1c1ccccc1C(F)(F)F)[C@@H]1C[C@H]2C2Sc3[nH]c(=O)sc3C(c3ccc(Cl)cc3)C21. The van der Waals surface area contributed by atoms with Crippen molar-refractivity contribution in [2.45, 2.75) is 28.8 Å². The summed E-state index contributed by atoms with van der Waals surface area (Å²) >= 11 is 8.82. The number of aromatic amines is 1. The normalized spacial score (nSPS) is 32.0. The maximum atomic E-state index is 13.8. The number of H-pyrrole nitrogens is 1. The first kappa shape index (κ1) is 23.5. The number of aromatic nitrogens is 1. The van der Waals surface area contributed by atoms with Crippen LogP contribution in [0.1, 0.15) is 28.3 Å². The first-order chi connectivity index (χ1) is 17.6. The van der Waals surface area contributed by atoms with E-state index in [2.05, 4.69) is 4.98 Å². The van der Waals surface area contributed by atoms with Gasteiger partial charge in [-0.05, 0) is 54.0 Å². The number of benzene rings is 2. The molecule has 2 aliphatic carbocycles. The number of hydrogen-bond donors (Lipinski definition) is 1. The van der Waals surface area contributed by atoms with Crippen molar-refractivity contribution in [1.82, 2.24) is 4.98 Å². The number of nitrogens with zero attached hydrogens (tertiary/aromatic N) is 1. The number of thioether (sulfide) groups is 1. The number of imide groups is 1. The first-order valence-corrected chi connectivity index (χ1v) is 13.9. The number of amides is 2. The molecule has 4 aliphatic rings. The molecule has 0 radical (unpaired) electrons. The summed E-state index contributed by atoms with van der Waals surface area (Å²) in [7, 11) is 0. The van der Waals surface area contributed by atoms with Crippen molar-refractivity contribution < 1.29 is 22.8 Å². The van der Waals surface area contributed by atoms with Gasteiger partial charge in [0.2, 0.25) is 11.8 Å². The van der Waals surface area contributed by atoms with Crippen LogP contribution in [0.4, 0.5) is 18.9 Å². The number of carbonyl (C=O) groups is 2. The molecule has 3 aromatic rings. The van der Waals surface area contributed by atoms with Gasteiger partial charge in [0.1, 0.15) is 0 Å². The molecule has 5 unspecified atom stereocenters. The number of hydrogen-bond acceptors (Lipinski definition) is 5. The van der Waals surface area contributed by atoms with Crippen LogP contribution >= 0.6 is 34.7 Å². The number of anilines is 1. The minimum Gasteiger partial charge on any atom is -0.307 e. The molecule has 3 fully saturated rings. The largest absolute Gasteiger partial charge is 0.418 e. The fourth-order valence-electron chi connectivity index (χ4n) is 7.21. The maximum Gasteiger partial charge on any atom is 0.418 e. The average Bonchev–Trinajstić information content (AvgIpc) is 3.58. The lowest BCUT2D eigenvalue weighted by atomic mass is 9.68. The van der Waals surface area contributed by atoms with Crippen molar-refractivity contribution in [2.75, 3.05) is 4.90 Å². The number of nitrogens with one attached hydrogen (secondary N) is 1. The molecule has 5 nitrogen and oxygen atoms in total. The number of thiazole rings is 1. The Hall–Kier alpha value is -2.56. The summed E-state index contributed by atoms with van der Waals surface area (Å²) < 4.78 is 41.3. The van der Waals surface area contributed by atoms with Crippen LogP contribution in [0.3, 0.4) is 0 Å². The third-order valence-corrected chi connectivity index (χ3v) is 11.2. The van der Waals surface area contributed by atoms with Crippen molar-refractivity contribution in [3.8, 4) is 0 Å². The number of rotatable bonds is 2. The highest BCUT2D eigenvalue weighted by atomic mass is 35.5. The van der Waals surface area contributed by atoms with Crippen LogP contribution in [0, 0.1) is 29.6 Å². The minimum atomic E-state index is -4.70. The van der Waals surface area contributed by atoms with Crippen LogP contribution in [0.2, 0.25) is 5.02 Å². The molecule has 1 N–H and O–H groups in total. The minimum absolute atomic E-state index is 0.0362. The van der Waals surface area contributed by atoms with Gasteiger partial charge in [0.05, 0.1) is 28.1 Å². The van der Waals surface area contributed by atoms with E-state index in [0.29, 0.717) is 11.4 Å². The second-order valence-corrected chi connectivity index (χ2v) is 12.7. The third kappa shape index (κ3) is 3.28. The fraction of sp³-hybridized carbons (Fsp3) is 0.346. The molecule has 2 saturated carbocycles. The molecule has 2 bridgehead atoms. The molecule has 11 heteroatoms. The predicted octanol–water partition coefficient (Wildman–Crippen LogP) is 5.79. The van der Waals surface area contributed by atoms with E-state index in [9.17, 15) is 27.6 Å². The van der Waals surface area contributed by atoms with E-state index in [4.69, 9.17) is 11.6 Å². The Bertz CT molecular complexity index is 1520. The molecule has 0 spiro atoms. The van der Waals surface area contributed by atoms with Crippen LogP contribution in [0.15, 0.2) is 58.4 Å². The Morgan fingerprint density at radius 1 is 0.946 bits per heavy atom. The van der Waals surface area contributed by atoms with Crippen molar-refractivity contribution in [2.24, 2.45) is 29.6 Å². The Kier molecular flexibility index (Phi) is 5.07. The Balaban J connectivity index is 1.32. The van der Waals surface area contributed by atoms with E-state index in [-0.39, 0.29) is 33.8 Å². The summed E-state index contributed by atoms with van der Waals surface area (Å²) in [5.41, 5.74) is -0.418. The summed E-state index contributed by atoms with van der Waals surface area (Å²) in [5.74, 6) is -2.99. The number of para-hydroxylation sites is 1. The second-order valence-electron chi connectivity index (χ2n) is 10.0. The van der Waals surface area contributed by atoms with Gasteiger partial charge >= 0.3 is 11.0 Å². The zero-order valence-corrected chi connectivity index (χ0v) is 21.3. The van der Waals surface area contributed by atoms with Gasteiger partial charge in [0.25, 0.3) is 0 Å². The first-order valence-electron chi connectivity index (χ1n) is 11.8. The molecule has 7 atom stereocenters. The lowest BCUT2D eigenvalue weighted by molar-refractivity contribution is -0.137. The molecule has 1 saturated heterocycles. The third-order valence-electron chi connectivity index (χ3n) is 8.40. The molecular formula is C26H18ClF3N2O3S2. The topological polar surface area (TPSA) is 70.2 Å². The smallest absolute Gasteiger partial charge is 0.307 e. The van der Waals surface area contributed by atoms with Crippen LogP contribution in [-0.4, -0.2) is 22.0 Å². The number of carbonyl (C=O) groups excluding carboxylic acids is 2. The summed E-state index contributed by atoms with van der Waals surface area (Å²) in [5, 5.41) is 1.31. The summed E-state index contributed by atoms with van der Waals surface area (Å²) in [4.78, 5) is 44.2. The monoisotopic (exact) mass is 562 g/mol.